The average Bonchev–Trinajstić information content (AvgIpc) is 2.48. The highest BCUT2D eigenvalue weighted by atomic mass is 19.4. The van der Waals surface area contributed by atoms with E-state index in [1.54, 1.807) is 0 Å². The van der Waals surface area contributed by atoms with Gasteiger partial charge in [0.05, 0.1) is 12.0 Å². The highest BCUT2D eigenvalue weighted by molar-refractivity contribution is 5.51. The first-order valence-corrected chi connectivity index (χ1v) is 5.98. The summed E-state index contributed by atoms with van der Waals surface area (Å²) in [5, 5.41) is 11.0. The molecule has 2 aromatic rings. The van der Waals surface area contributed by atoms with Crippen LogP contribution in [-0.4, -0.2) is 28.4 Å². The number of hydrogen-bond acceptors (Lipinski definition) is 7. The van der Waals surface area contributed by atoms with E-state index in [1.807, 2.05) is 0 Å². The summed E-state index contributed by atoms with van der Waals surface area (Å²) in [6, 6.07) is 2.15. The molecular weight excluding hydrogens is 342 g/mol. The predicted octanol–water partition coefficient (Wildman–Crippen LogP) is 3.22. The monoisotopic (exact) mass is 349 g/mol. The van der Waals surface area contributed by atoms with E-state index in [4.69, 9.17) is 4.74 Å². The third-order valence-electron chi connectivity index (χ3n) is 2.47. The minimum absolute atomic E-state index is 0.375. The quantitative estimate of drug-likeness (QED) is 0.464. The lowest BCUT2D eigenvalue weighted by Gasteiger charge is -2.11. The van der Waals surface area contributed by atoms with Crippen LogP contribution in [0.4, 0.5) is 23.2 Å². The molecule has 2 rings (SSSR count). The highest BCUT2D eigenvalue weighted by Crippen LogP contribution is 2.37. The number of aromatic nitrogens is 2. The van der Waals surface area contributed by atoms with Gasteiger partial charge in [-0.3, -0.25) is 10.1 Å². The van der Waals surface area contributed by atoms with E-state index >= 15 is 0 Å². The van der Waals surface area contributed by atoms with Crippen molar-refractivity contribution in [3.63, 3.8) is 0 Å². The van der Waals surface area contributed by atoms with Gasteiger partial charge in [-0.2, -0.15) is 9.97 Å². The number of rotatable bonds is 5. The lowest BCUT2D eigenvalue weighted by Crippen LogP contribution is -2.17. The van der Waals surface area contributed by atoms with Crippen LogP contribution in [0.5, 0.6) is 23.3 Å². The second kappa shape index (κ2) is 6.52. The fraction of sp³-hybridized carbons (Fsp3) is 0.167. The molecule has 24 heavy (non-hydrogen) atoms. The Balaban J connectivity index is 2.39. The first-order chi connectivity index (χ1) is 11.2. The number of ether oxygens (including phenoxy) is 3. The molecule has 0 saturated carbocycles. The zero-order chi connectivity index (χ0) is 17.9. The van der Waals surface area contributed by atoms with Gasteiger partial charge in [0.25, 0.3) is 0 Å². The highest BCUT2D eigenvalue weighted by Gasteiger charge is 2.33. The second-order valence-corrected chi connectivity index (χ2v) is 4.04. The SMILES string of the molecule is COc1ncnc(Oc2ccc(F)c(OC(F)(F)F)c2)c1[N+](=O)[O-]. The van der Waals surface area contributed by atoms with Crippen LogP contribution in [0.1, 0.15) is 0 Å². The molecule has 0 amide bonds. The van der Waals surface area contributed by atoms with Gasteiger partial charge in [0.2, 0.25) is 0 Å². The van der Waals surface area contributed by atoms with E-state index in [1.165, 1.54) is 0 Å². The van der Waals surface area contributed by atoms with Crippen molar-refractivity contribution in [1.82, 2.24) is 9.97 Å². The van der Waals surface area contributed by atoms with Gasteiger partial charge in [0.15, 0.2) is 11.6 Å². The summed E-state index contributed by atoms with van der Waals surface area (Å²) < 4.78 is 63.1. The Morgan fingerprint density at radius 2 is 1.88 bits per heavy atom. The third kappa shape index (κ3) is 3.97. The fourth-order valence-electron chi connectivity index (χ4n) is 1.59. The zero-order valence-corrected chi connectivity index (χ0v) is 11.7. The lowest BCUT2D eigenvalue weighted by molar-refractivity contribution is -0.387. The molecule has 0 N–H and O–H groups in total. The topological polar surface area (TPSA) is 96.6 Å². The molecule has 0 atom stereocenters. The molecule has 12 heteroatoms. The Morgan fingerprint density at radius 1 is 1.21 bits per heavy atom. The molecule has 0 unspecified atom stereocenters. The minimum atomic E-state index is -5.12. The largest absolute Gasteiger partial charge is 0.573 e. The molecule has 1 aromatic heterocycles. The number of methoxy groups -OCH3 is 1. The normalized spacial score (nSPS) is 11.0. The molecule has 0 aliphatic rings. The van der Waals surface area contributed by atoms with E-state index in [2.05, 4.69) is 19.4 Å². The fourth-order valence-corrected chi connectivity index (χ4v) is 1.59. The molecular formula is C12H7F4N3O5. The standard InChI is InChI=1S/C12H7F4N3O5/c1-22-10-9(19(20)21)11(18-5-17-10)23-6-2-3-7(13)8(4-6)24-12(14,15)16/h2-5H,1H3. The number of benzene rings is 1. The maximum atomic E-state index is 13.3. The Hall–Kier alpha value is -3.18. The van der Waals surface area contributed by atoms with E-state index < -0.39 is 40.3 Å². The summed E-state index contributed by atoms with van der Waals surface area (Å²) in [6.07, 6.45) is -4.23. The van der Waals surface area contributed by atoms with Crippen LogP contribution in [0, 0.1) is 15.9 Å². The zero-order valence-electron chi connectivity index (χ0n) is 11.7. The van der Waals surface area contributed by atoms with Gasteiger partial charge >= 0.3 is 23.8 Å². The van der Waals surface area contributed by atoms with Crippen LogP contribution in [0.25, 0.3) is 0 Å². The Morgan fingerprint density at radius 3 is 2.46 bits per heavy atom. The van der Waals surface area contributed by atoms with Crippen molar-refractivity contribution in [3.8, 4) is 23.3 Å². The maximum Gasteiger partial charge on any atom is 0.573 e. The minimum Gasteiger partial charge on any atom is -0.476 e. The number of halogens is 4. The van der Waals surface area contributed by atoms with Gasteiger partial charge in [-0.25, -0.2) is 4.39 Å². The van der Waals surface area contributed by atoms with Crippen molar-refractivity contribution >= 4 is 5.69 Å². The summed E-state index contributed by atoms with van der Waals surface area (Å²) in [5.74, 6) is -3.85. The van der Waals surface area contributed by atoms with Gasteiger partial charge < -0.3 is 14.2 Å². The van der Waals surface area contributed by atoms with Gasteiger partial charge in [-0.15, -0.1) is 13.2 Å². The number of alkyl halides is 3. The Labute approximate surface area is 130 Å². The second-order valence-electron chi connectivity index (χ2n) is 4.04. The molecule has 0 aliphatic carbocycles. The summed E-state index contributed by atoms with van der Waals surface area (Å²) in [4.78, 5) is 17.2. The Bertz CT molecular complexity index is 769. The molecule has 0 aliphatic heterocycles. The van der Waals surface area contributed by atoms with Crippen LogP contribution in [0.15, 0.2) is 24.5 Å². The van der Waals surface area contributed by atoms with Crippen molar-refractivity contribution in [3.05, 3.63) is 40.5 Å². The maximum absolute atomic E-state index is 13.3. The summed E-state index contributed by atoms with van der Waals surface area (Å²) in [5.41, 5.74) is -0.748. The van der Waals surface area contributed by atoms with Crippen molar-refractivity contribution < 1.29 is 36.7 Å². The molecule has 1 heterocycles. The number of nitro groups is 1. The molecule has 128 valence electrons. The first-order valence-electron chi connectivity index (χ1n) is 5.98. The number of nitrogens with zero attached hydrogens (tertiary/aromatic N) is 3. The smallest absolute Gasteiger partial charge is 0.476 e. The summed E-state index contributed by atoms with van der Waals surface area (Å²) in [7, 11) is 1.12. The molecule has 8 nitrogen and oxygen atoms in total. The van der Waals surface area contributed by atoms with E-state index in [-0.39, 0.29) is 5.75 Å². The number of hydrogen-bond donors (Lipinski definition) is 0. The molecule has 0 bridgehead atoms. The van der Waals surface area contributed by atoms with Gasteiger partial charge in [-0.05, 0) is 12.1 Å². The van der Waals surface area contributed by atoms with E-state index in [0.717, 1.165) is 19.5 Å². The van der Waals surface area contributed by atoms with Crippen molar-refractivity contribution in [2.24, 2.45) is 0 Å². The Kier molecular flexibility index (Phi) is 4.66. The first kappa shape index (κ1) is 17.2. The third-order valence-corrected chi connectivity index (χ3v) is 2.47. The van der Waals surface area contributed by atoms with Gasteiger partial charge in [-0.1, -0.05) is 0 Å². The molecule has 0 fully saturated rings. The molecule has 0 radical (unpaired) electrons. The molecule has 0 saturated heterocycles. The van der Waals surface area contributed by atoms with Crippen molar-refractivity contribution in [2.75, 3.05) is 7.11 Å². The van der Waals surface area contributed by atoms with Crippen LogP contribution < -0.4 is 14.2 Å². The van der Waals surface area contributed by atoms with E-state index in [9.17, 15) is 27.7 Å². The van der Waals surface area contributed by atoms with Crippen LogP contribution >= 0.6 is 0 Å². The lowest BCUT2D eigenvalue weighted by atomic mass is 10.3. The van der Waals surface area contributed by atoms with Crippen molar-refractivity contribution in [1.29, 1.82) is 0 Å². The average molecular weight is 349 g/mol. The predicted molar refractivity (Wildman–Crippen MR) is 68.4 cm³/mol. The van der Waals surface area contributed by atoms with Gasteiger partial charge in [0.1, 0.15) is 12.1 Å². The summed E-state index contributed by atoms with van der Waals surface area (Å²) in [6.45, 7) is 0. The van der Waals surface area contributed by atoms with Crippen LogP contribution in [0.2, 0.25) is 0 Å². The van der Waals surface area contributed by atoms with E-state index in [0.29, 0.717) is 12.1 Å². The molecule has 1 aromatic carbocycles. The summed E-state index contributed by atoms with van der Waals surface area (Å²) >= 11 is 0. The van der Waals surface area contributed by atoms with Crippen LogP contribution in [0.3, 0.4) is 0 Å². The van der Waals surface area contributed by atoms with Crippen LogP contribution in [-0.2, 0) is 0 Å². The van der Waals surface area contributed by atoms with Crippen molar-refractivity contribution in [2.45, 2.75) is 6.36 Å². The van der Waals surface area contributed by atoms with Gasteiger partial charge in [0, 0.05) is 6.07 Å². The molecule has 0 spiro atoms.